The standard InChI is InChI=1S/C31H34ClN5O/c1-20(2)38-29-18-26(23-12-14-33-15-13-23)21(3)16-28(29)36-31-34-19-27(32)30(37-31)35-25-11-7-10-24(17-25)22-8-5-4-6-9-22/h4-11,16-20,23,33H,12-15H2,1-3H3,(H2,34,35,36,37). The van der Waals surface area contributed by atoms with Crippen LogP contribution in [0.25, 0.3) is 11.1 Å². The van der Waals surface area contributed by atoms with Gasteiger partial charge < -0.3 is 20.7 Å². The molecular weight excluding hydrogens is 494 g/mol. The fourth-order valence-corrected chi connectivity index (χ4v) is 5.04. The Hall–Kier alpha value is -3.61. The molecule has 38 heavy (non-hydrogen) atoms. The summed E-state index contributed by atoms with van der Waals surface area (Å²) in [5, 5.41) is 10.6. The van der Waals surface area contributed by atoms with Crippen molar-refractivity contribution in [2.75, 3.05) is 23.7 Å². The smallest absolute Gasteiger partial charge is 0.229 e. The minimum Gasteiger partial charge on any atom is -0.489 e. The van der Waals surface area contributed by atoms with Crippen molar-refractivity contribution in [3.63, 3.8) is 0 Å². The van der Waals surface area contributed by atoms with E-state index in [1.54, 1.807) is 6.20 Å². The molecule has 0 spiro atoms. The van der Waals surface area contributed by atoms with E-state index in [0.717, 1.165) is 54.2 Å². The molecule has 0 radical (unpaired) electrons. The topological polar surface area (TPSA) is 71.1 Å². The maximum atomic E-state index is 6.49. The fourth-order valence-electron chi connectivity index (χ4n) is 4.90. The minimum atomic E-state index is 0.0411. The molecule has 3 N–H and O–H groups in total. The lowest BCUT2D eigenvalue weighted by molar-refractivity contribution is 0.243. The van der Waals surface area contributed by atoms with E-state index in [9.17, 15) is 0 Å². The molecule has 2 heterocycles. The van der Waals surface area contributed by atoms with Crippen LogP contribution in [0.15, 0.2) is 72.9 Å². The van der Waals surface area contributed by atoms with E-state index in [1.807, 2.05) is 44.2 Å². The van der Waals surface area contributed by atoms with Crippen LogP contribution in [0.3, 0.4) is 0 Å². The van der Waals surface area contributed by atoms with Gasteiger partial charge in [-0.15, -0.1) is 0 Å². The van der Waals surface area contributed by atoms with Gasteiger partial charge in [-0.25, -0.2) is 4.98 Å². The zero-order valence-electron chi connectivity index (χ0n) is 22.1. The molecule has 3 aromatic carbocycles. The minimum absolute atomic E-state index is 0.0411. The fraction of sp³-hybridized carbons (Fsp3) is 0.290. The van der Waals surface area contributed by atoms with Gasteiger partial charge in [0.15, 0.2) is 5.82 Å². The number of nitrogens with one attached hydrogen (secondary N) is 3. The average molecular weight is 528 g/mol. The van der Waals surface area contributed by atoms with Crippen LogP contribution in [0.2, 0.25) is 5.02 Å². The number of benzene rings is 3. The van der Waals surface area contributed by atoms with Crippen LogP contribution < -0.4 is 20.7 Å². The lowest BCUT2D eigenvalue weighted by Crippen LogP contribution is -2.27. The third kappa shape index (κ3) is 6.26. The molecule has 1 aliphatic heterocycles. The van der Waals surface area contributed by atoms with Crippen molar-refractivity contribution >= 4 is 34.7 Å². The lowest BCUT2D eigenvalue weighted by atomic mass is 9.87. The van der Waals surface area contributed by atoms with Crippen LogP contribution in [0.1, 0.15) is 43.7 Å². The van der Waals surface area contributed by atoms with E-state index in [0.29, 0.717) is 22.7 Å². The summed E-state index contributed by atoms with van der Waals surface area (Å²) >= 11 is 6.49. The Morgan fingerprint density at radius 3 is 2.47 bits per heavy atom. The Kier molecular flexibility index (Phi) is 8.11. The van der Waals surface area contributed by atoms with Crippen LogP contribution >= 0.6 is 11.6 Å². The second-order valence-corrected chi connectivity index (χ2v) is 10.4. The summed E-state index contributed by atoms with van der Waals surface area (Å²) in [5.41, 5.74) is 6.58. The van der Waals surface area contributed by atoms with E-state index in [2.05, 4.69) is 64.3 Å². The predicted octanol–water partition coefficient (Wildman–Crippen LogP) is 7.85. The quantitative estimate of drug-likeness (QED) is 0.217. The first-order valence-electron chi connectivity index (χ1n) is 13.2. The third-order valence-electron chi connectivity index (χ3n) is 6.73. The normalized spacial score (nSPS) is 13.9. The number of rotatable bonds is 8. The van der Waals surface area contributed by atoms with Gasteiger partial charge in [0, 0.05) is 5.69 Å². The maximum absolute atomic E-state index is 6.49. The molecule has 0 atom stereocenters. The largest absolute Gasteiger partial charge is 0.489 e. The molecule has 7 heteroatoms. The molecule has 1 fully saturated rings. The van der Waals surface area contributed by atoms with Gasteiger partial charge in [-0.2, -0.15) is 4.98 Å². The number of piperidine rings is 1. The average Bonchev–Trinajstić information content (AvgIpc) is 2.93. The van der Waals surface area contributed by atoms with Crippen molar-refractivity contribution in [2.24, 2.45) is 0 Å². The van der Waals surface area contributed by atoms with Gasteiger partial charge in [0.2, 0.25) is 5.95 Å². The molecule has 5 rings (SSSR count). The van der Waals surface area contributed by atoms with Gasteiger partial charge in [0.25, 0.3) is 0 Å². The van der Waals surface area contributed by atoms with E-state index in [4.69, 9.17) is 21.3 Å². The number of anilines is 4. The van der Waals surface area contributed by atoms with Crippen LogP contribution in [0.4, 0.5) is 23.1 Å². The zero-order valence-corrected chi connectivity index (χ0v) is 22.8. The van der Waals surface area contributed by atoms with Crippen molar-refractivity contribution < 1.29 is 4.74 Å². The molecule has 6 nitrogen and oxygen atoms in total. The number of aryl methyl sites for hydroxylation is 1. The second-order valence-electron chi connectivity index (χ2n) is 9.98. The molecular formula is C31H34ClN5O. The van der Waals surface area contributed by atoms with Gasteiger partial charge in [0.05, 0.1) is 18.0 Å². The molecule has 0 unspecified atom stereocenters. The van der Waals surface area contributed by atoms with Crippen LogP contribution in [-0.4, -0.2) is 29.2 Å². The van der Waals surface area contributed by atoms with Gasteiger partial charge in [-0.1, -0.05) is 54.1 Å². The highest BCUT2D eigenvalue weighted by Crippen LogP contribution is 2.37. The molecule has 196 valence electrons. The summed E-state index contributed by atoms with van der Waals surface area (Å²) in [4.78, 5) is 9.14. The van der Waals surface area contributed by atoms with Crippen molar-refractivity contribution in [1.82, 2.24) is 15.3 Å². The molecule has 0 saturated carbocycles. The highest BCUT2D eigenvalue weighted by molar-refractivity contribution is 6.32. The summed E-state index contributed by atoms with van der Waals surface area (Å²) in [6.07, 6.45) is 3.92. The molecule has 1 saturated heterocycles. The Balaban J connectivity index is 1.41. The highest BCUT2D eigenvalue weighted by Gasteiger charge is 2.20. The molecule has 1 aliphatic rings. The molecule has 1 aromatic heterocycles. The Morgan fingerprint density at radius 1 is 0.947 bits per heavy atom. The summed E-state index contributed by atoms with van der Waals surface area (Å²) in [6.45, 7) is 8.34. The number of hydrogen-bond acceptors (Lipinski definition) is 6. The number of halogens is 1. The maximum Gasteiger partial charge on any atom is 0.229 e. The Bertz CT molecular complexity index is 1390. The summed E-state index contributed by atoms with van der Waals surface area (Å²) < 4.78 is 6.23. The van der Waals surface area contributed by atoms with Gasteiger partial charge in [-0.05, 0) is 99.1 Å². The van der Waals surface area contributed by atoms with Crippen LogP contribution in [-0.2, 0) is 0 Å². The van der Waals surface area contributed by atoms with Crippen molar-refractivity contribution in [1.29, 1.82) is 0 Å². The first-order valence-corrected chi connectivity index (χ1v) is 13.6. The molecule has 4 aromatic rings. The first-order chi connectivity index (χ1) is 18.5. The number of aromatic nitrogens is 2. The second kappa shape index (κ2) is 11.8. The number of nitrogens with zero attached hydrogens (tertiary/aromatic N) is 2. The van der Waals surface area contributed by atoms with Crippen molar-refractivity contribution in [3.05, 3.63) is 89.1 Å². The zero-order chi connectivity index (χ0) is 26.5. The van der Waals surface area contributed by atoms with Gasteiger partial charge in [0.1, 0.15) is 10.8 Å². The third-order valence-corrected chi connectivity index (χ3v) is 7.01. The van der Waals surface area contributed by atoms with E-state index >= 15 is 0 Å². The summed E-state index contributed by atoms with van der Waals surface area (Å²) in [6, 6.07) is 22.8. The Labute approximate surface area is 229 Å². The van der Waals surface area contributed by atoms with Gasteiger partial charge >= 0.3 is 0 Å². The lowest BCUT2D eigenvalue weighted by Gasteiger charge is -2.26. The van der Waals surface area contributed by atoms with Crippen LogP contribution in [0.5, 0.6) is 5.75 Å². The van der Waals surface area contributed by atoms with Crippen molar-refractivity contribution in [2.45, 2.75) is 45.6 Å². The predicted molar refractivity (Wildman–Crippen MR) is 157 cm³/mol. The number of hydrogen-bond donors (Lipinski definition) is 3. The summed E-state index contributed by atoms with van der Waals surface area (Å²) in [5.74, 6) is 2.32. The number of ether oxygens (including phenoxy) is 1. The van der Waals surface area contributed by atoms with E-state index < -0.39 is 0 Å². The van der Waals surface area contributed by atoms with E-state index in [-0.39, 0.29) is 6.10 Å². The van der Waals surface area contributed by atoms with Crippen LogP contribution in [0, 0.1) is 6.92 Å². The van der Waals surface area contributed by atoms with Crippen molar-refractivity contribution in [3.8, 4) is 16.9 Å². The van der Waals surface area contributed by atoms with Gasteiger partial charge in [-0.3, -0.25) is 0 Å². The Morgan fingerprint density at radius 2 is 1.71 bits per heavy atom. The monoisotopic (exact) mass is 527 g/mol. The molecule has 0 bridgehead atoms. The molecule has 0 amide bonds. The first kappa shape index (κ1) is 26.0. The molecule has 0 aliphatic carbocycles. The van der Waals surface area contributed by atoms with E-state index in [1.165, 1.54) is 11.1 Å². The highest BCUT2D eigenvalue weighted by atomic mass is 35.5. The SMILES string of the molecule is Cc1cc(Nc2ncc(Cl)c(Nc3cccc(-c4ccccc4)c3)n2)c(OC(C)C)cc1C1CCNCC1. The summed E-state index contributed by atoms with van der Waals surface area (Å²) in [7, 11) is 0.